The average molecular weight is 308 g/mol. The van der Waals surface area contributed by atoms with E-state index in [1.807, 2.05) is 38.1 Å². The van der Waals surface area contributed by atoms with Gasteiger partial charge in [-0.2, -0.15) is 0 Å². The molecule has 0 aromatic heterocycles. The summed E-state index contributed by atoms with van der Waals surface area (Å²) in [5, 5.41) is 5.38. The lowest BCUT2D eigenvalue weighted by atomic mass is 9.99. The Balaban J connectivity index is 2.62. The summed E-state index contributed by atoms with van der Waals surface area (Å²) in [5.41, 5.74) is 0.860. The number of amides is 2. The van der Waals surface area contributed by atoms with Gasteiger partial charge < -0.3 is 20.1 Å². The highest BCUT2D eigenvalue weighted by atomic mass is 16.5. The van der Waals surface area contributed by atoms with E-state index >= 15 is 0 Å². The number of carbonyl (C=O) groups is 2. The van der Waals surface area contributed by atoms with Gasteiger partial charge in [0.05, 0.1) is 14.2 Å². The standard InChI is InChI=1S/C16H24N2O4/c1-5-11(2)14(15(19)22-4)18-16(20)17-10-12-8-6-7-9-13(12)21-3/h6-9,11,14H,5,10H2,1-4H3,(H2,17,18,20)/t11-,14+/m1/s1. The lowest BCUT2D eigenvalue weighted by Crippen LogP contribution is -2.49. The van der Waals surface area contributed by atoms with E-state index in [1.54, 1.807) is 7.11 Å². The van der Waals surface area contributed by atoms with Gasteiger partial charge in [-0.1, -0.05) is 38.5 Å². The van der Waals surface area contributed by atoms with Crippen molar-refractivity contribution >= 4 is 12.0 Å². The van der Waals surface area contributed by atoms with Crippen LogP contribution in [-0.4, -0.2) is 32.3 Å². The van der Waals surface area contributed by atoms with Crippen molar-refractivity contribution in [3.8, 4) is 5.75 Å². The molecule has 0 spiro atoms. The number of ether oxygens (including phenoxy) is 2. The quantitative estimate of drug-likeness (QED) is 0.756. The van der Waals surface area contributed by atoms with Crippen LogP contribution < -0.4 is 15.4 Å². The number of carbonyl (C=O) groups excluding carboxylic acids is 2. The summed E-state index contributed by atoms with van der Waals surface area (Å²) in [7, 11) is 2.89. The van der Waals surface area contributed by atoms with Crippen LogP contribution in [0.5, 0.6) is 5.75 Å². The van der Waals surface area contributed by atoms with Crippen molar-refractivity contribution in [3.05, 3.63) is 29.8 Å². The number of benzene rings is 1. The molecule has 0 unspecified atom stereocenters. The molecule has 0 bridgehead atoms. The fourth-order valence-corrected chi connectivity index (χ4v) is 2.01. The van der Waals surface area contributed by atoms with Crippen LogP contribution in [0.2, 0.25) is 0 Å². The lowest BCUT2D eigenvalue weighted by molar-refractivity contribution is -0.144. The number of esters is 1. The second-order valence-corrected chi connectivity index (χ2v) is 5.03. The van der Waals surface area contributed by atoms with Crippen molar-refractivity contribution < 1.29 is 19.1 Å². The monoisotopic (exact) mass is 308 g/mol. The molecule has 2 N–H and O–H groups in total. The molecule has 1 rings (SSSR count). The first-order chi connectivity index (χ1) is 10.5. The first-order valence-electron chi connectivity index (χ1n) is 7.27. The topological polar surface area (TPSA) is 76.7 Å². The third kappa shape index (κ3) is 4.95. The van der Waals surface area contributed by atoms with Crippen molar-refractivity contribution in [1.29, 1.82) is 0 Å². The molecule has 0 saturated heterocycles. The highest BCUT2D eigenvalue weighted by molar-refractivity contribution is 5.83. The Labute approximate surface area is 131 Å². The highest BCUT2D eigenvalue weighted by Crippen LogP contribution is 2.16. The van der Waals surface area contributed by atoms with Gasteiger partial charge in [0.25, 0.3) is 0 Å². The molecule has 6 heteroatoms. The molecule has 22 heavy (non-hydrogen) atoms. The Hall–Kier alpha value is -2.24. The number of hydrogen-bond donors (Lipinski definition) is 2. The number of para-hydroxylation sites is 1. The molecule has 0 heterocycles. The summed E-state index contributed by atoms with van der Waals surface area (Å²) in [6, 6.07) is 6.35. The minimum atomic E-state index is -0.660. The summed E-state index contributed by atoms with van der Waals surface area (Å²) in [6.45, 7) is 4.15. The van der Waals surface area contributed by atoms with Gasteiger partial charge >= 0.3 is 12.0 Å². The van der Waals surface area contributed by atoms with Gasteiger partial charge in [-0.05, 0) is 12.0 Å². The summed E-state index contributed by atoms with van der Waals surface area (Å²) in [5.74, 6) is 0.250. The molecule has 0 aliphatic carbocycles. The van der Waals surface area contributed by atoms with E-state index in [9.17, 15) is 9.59 Å². The highest BCUT2D eigenvalue weighted by Gasteiger charge is 2.26. The second kappa shape index (κ2) is 8.92. The molecule has 2 amide bonds. The van der Waals surface area contributed by atoms with E-state index in [2.05, 4.69) is 10.6 Å². The molecule has 122 valence electrons. The van der Waals surface area contributed by atoms with Crippen LogP contribution in [-0.2, 0) is 16.1 Å². The smallest absolute Gasteiger partial charge is 0.328 e. The average Bonchev–Trinajstić information content (AvgIpc) is 2.56. The number of hydrogen-bond acceptors (Lipinski definition) is 4. The molecule has 2 atom stereocenters. The summed E-state index contributed by atoms with van der Waals surface area (Å²) >= 11 is 0. The van der Waals surface area contributed by atoms with Crippen LogP contribution in [0.25, 0.3) is 0 Å². The molecular formula is C16H24N2O4. The molecule has 0 radical (unpaired) electrons. The summed E-state index contributed by atoms with van der Waals surface area (Å²) < 4.78 is 9.96. The molecule has 0 aliphatic rings. The SMILES string of the molecule is CC[C@@H](C)[C@H](NC(=O)NCc1ccccc1OC)C(=O)OC. The molecular weight excluding hydrogens is 284 g/mol. The Kier molecular flexibility index (Phi) is 7.22. The van der Waals surface area contributed by atoms with Gasteiger partial charge in [0, 0.05) is 12.1 Å². The minimum absolute atomic E-state index is 0.00976. The van der Waals surface area contributed by atoms with Gasteiger partial charge in [-0.15, -0.1) is 0 Å². The summed E-state index contributed by atoms with van der Waals surface area (Å²) in [6.07, 6.45) is 0.757. The zero-order valence-corrected chi connectivity index (χ0v) is 13.5. The molecule has 0 aliphatic heterocycles. The zero-order chi connectivity index (χ0) is 16.5. The second-order valence-electron chi connectivity index (χ2n) is 5.03. The zero-order valence-electron chi connectivity index (χ0n) is 13.5. The number of urea groups is 1. The summed E-state index contributed by atoms with van der Waals surface area (Å²) in [4.78, 5) is 23.7. The maximum absolute atomic E-state index is 12.0. The first-order valence-corrected chi connectivity index (χ1v) is 7.27. The van der Waals surface area contributed by atoms with Crippen molar-refractivity contribution in [1.82, 2.24) is 10.6 Å². The van der Waals surface area contributed by atoms with Crippen LogP contribution in [0.1, 0.15) is 25.8 Å². The van der Waals surface area contributed by atoms with Crippen LogP contribution >= 0.6 is 0 Å². The van der Waals surface area contributed by atoms with Crippen LogP contribution in [0.15, 0.2) is 24.3 Å². The fraction of sp³-hybridized carbons (Fsp3) is 0.500. The molecule has 0 saturated carbocycles. The van der Waals surface area contributed by atoms with E-state index in [0.717, 1.165) is 12.0 Å². The Bertz CT molecular complexity index is 505. The van der Waals surface area contributed by atoms with Crippen molar-refractivity contribution in [2.24, 2.45) is 5.92 Å². The Morgan fingerprint density at radius 1 is 1.23 bits per heavy atom. The Morgan fingerprint density at radius 3 is 2.50 bits per heavy atom. The van der Waals surface area contributed by atoms with E-state index in [1.165, 1.54) is 7.11 Å². The Morgan fingerprint density at radius 2 is 1.91 bits per heavy atom. The van der Waals surface area contributed by atoms with Gasteiger partial charge in [0.15, 0.2) is 0 Å². The van der Waals surface area contributed by atoms with E-state index in [-0.39, 0.29) is 5.92 Å². The van der Waals surface area contributed by atoms with Gasteiger partial charge in [-0.3, -0.25) is 0 Å². The van der Waals surface area contributed by atoms with Crippen LogP contribution in [0.4, 0.5) is 4.79 Å². The van der Waals surface area contributed by atoms with Gasteiger partial charge in [-0.25, -0.2) is 9.59 Å². The fourth-order valence-electron chi connectivity index (χ4n) is 2.01. The van der Waals surface area contributed by atoms with Crippen molar-refractivity contribution in [2.75, 3.05) is 14.2 Å². The third-order valence-corrected chi connectivity index (χ3v) is 3.59. The molecule has 1 aromatic rings. The van der Waals surface area contributed by atoms with Gasteiger partial charge in [0.1, 0.15) is 11.8 Å². The van der Waals surface area contributed by atoms with Crippen LogP contribution in [0.3, 0.4) is 0 Å². The number of rotatable bonds is 7. The maximum Gasteiger partial charge on any atom is 0.328 e. The maximum atomic E-state index is 12.0. The normalized spacial score (nSPS) is 12.9. The van der Waals surface area contributed by atoms with Crippen molar-refractivity contribution in [3.63, 3.8) is 0 Å². The van der Waals surface area contributed by atoms with E-state index in [0.29, 0.717) is 12.3 Å². The van der Waals surface area contributed by atoms with Crippen LogP contribution in [0, 0.1) is 5.92 Å². The van der Waals surface area contributed by atoms with E-state index in [4.69, 9.17) is 9.47 Å². The minimum Gasteiger partial charge on any atom is -0.496 e. The number of nitrogens with one attached hydrogen (secondary N) is 2. The van der Waals surface area contributed by atoms with E-state index < -0.39 is 18.0 Å². The predicted octanol–water partition coefficient (Wildman–Crippen LogP) is 2.08. The molecule has 0 fully saturated rings. The first kappa shape index (κ1) is 17.8. The van der Waals surface area contributed by atoms with Crippen molar-refractivity contribution in [2.45, 2.75) is 32.9 Å². The van der Waals surface area contributed by atoms with Gasteiger partial charge in [0.2, 0.25) is 0 Å². The largest absolute Gasteiger partial charge is 0.496 e. The predicted molar refractivity (Wildman–Crippen MR) is 83.6 cm³/mol. The number of methoxy groups -OCH3 is 2. The molecule has 6 nitrogen and oxygen atoms in total. The lowest BCUT2D eigenvalue weighted by Gasteiger charge is -2.22. The molecule has 1 aromatic carbocycles. The third-order valence-electron chi connectivity index (χ3n) is 3.59.